The number of carbonyl (C=O) groups is 1. The van der Waals surface area contributed by atoms with Gasteiger partial charge in [-0.2, -0.15) is 0 Å². The number of piperazine rings is 1. The molecule has 1 aliphatic heterocycles. The Bertz CT molecular complexity index is 861. The molecule has 0 aromatic heterocycles. The minimum Gasteiger partial charge on any atom is -0.493 e. The summed E-state index contributed by atoms with van der Waals surface area (Å²) in [5.74, 6) is 2.22. The largest absolute Gasteiger partial charge is 0.493 e. The van der Waals surface area contributed by atoms with Gasteiger partial charge in [-0.05, 0) is 24.3 Å². The summed E-state index contributed by atoms with van der Waals surface area (Å²) in [5.41, 5.74) is 0.600. The van der Waals surface area contributed by atoms with Crippen LogP contribution in [0.25, 0.3) is 0 Å². The third-order valence-electron chi connectivity index (χ3n) is 5.27. The number of benzene rings is 2. The van der Waals surface area contributed by atoms with Crippen LogP contribution in [0.3, 0.4) is 0 Å². The van der Waals surface area contributed by atoms with Crippen molar-refractivity contribution >= 4 is 23.2 Å². The quantitative estimate of drug-likeness (QED) is 0.580. The van der Waals surface area contributed by atoms with E-state index in [1.807, 2.05) is 24.3 Å². The zero-order chi connectivity index (χ0) is 22.9. The van der Waals surface area contributed by atoms with Gasteiger partial charge >= 0.3 is 0 Å². The molecule has 0 unspecified atom stereocenters. The number of nitrogens with zero attached hydrogens (tertiary/aromatic N) is 2. The molecule has 1 saturated heterocycles. The smallest absolute Gasteiger partial charge is 0.238 e. The molecule has 1 heterocycles. The van der Waals surface area contributed by atoms with E-state index in [4.69, 9.17) is 30.5 Å². The Hall–Kier alpha value is -2.68. The average Bonchev–Trinajstić information content (AvgIpc) is 2.80. The lowest BCUT2D eigenvalue weighted by Gasteiger charge is -2.34. The molecule has 9 heteroatoms. The van der Waals surface area contributed by atoms with E-state index < -0.39 is 0 Å². The molecule has 3 rings (SSSR count). The summed E-state index contributed by atoms with van der Waals surface area (Å²) in [5, 5.41) is 3.62. The number of hydrogen-bond acceptors (Lipinski definition) is 7. The molecule has 0 radical (unpaired) electrons. The monoisotopic (exact) mass is 463 g/mol. The third kappa shape index (κ3) is 6.66. The van der Waals surface area contributed by atoms with E-state index in [0.29, 0.717) is 41.1 Å². The minimum atomic E-state index is -0.0844. The highest BCUT2D eigenvalue weighted by Crippen LogP contribution is 2.39. The first-order valence-corrected chi connectivity index (χ1v) is 10.8. The van der Waals surface area contributed by atoms with Gasteiger partial charge < -0.3 is 24.3 Å². The van der Waals surface area contributed by atoms with Crippen molar-refractivity contribution in [2.75, 3.05) is 72.5 Å². The second-order valence-electron chi connectivity index (χ2n) is 7.38. The molecule has 1 amide bonds. The maximum Gasteiger partial charge on any atom is 0.238 e. The van der Waals surface area contributed by atoms with E-state index in [-0.39, 0.29) is 5.91 Å². The fraction of sp³-hybridized carbons (Fsp3) is 0.435. The van der Waals surface area contributed by atoms with Gasteiger partial charge in [0, 0.05) is 55.6 Å². The highest BCUT2D eigenvalue weighted by molar-refractivity contribution is 6.30. The molecular formula is C23H30ClN3O5. The molecule has 1 N–H and O–H groups in total. The summed E-state index contributed by atoms with van der Waals surface area (Å²) < 4.78 is 21.8. The van der Waals surface area contributed by atoms with Crippen molar-refractivity contribution in [2.24, 2.45) is 0 Å². The van der Waals surface area contributed by atoms with Crippen molar-refractivity contribution in [1.82, 2.24) is 9.80 Å². The van der Waals surface area contributed by atoms with Crippen LogP contribution in [0.4, 0.5) is 5.69 Å². The second-order valence-corrected chi connectivity index (χ2v) is 7.82. The van der Waals surface area contributed by atoms with Gasteiger partial charge in [0.15, 0.2) is 11.5 Å². The molecule has 2 aromatic carbocycles. The first kappa shape index (κ1) is 24.0. The molecule has 1 fully saturated rings. The number of methoxy groups -OCH3 is 3. The number of carbonyl (C=O) groups excluding carboxylic acids is 1. The predicted octanol–water partition coefficient (Wildman–Crippen LogP) is 3.00. The Morgan fingerprint density at radius 2 is 1.53 bits per heavy atom. The lowest BCUT2D eigenvalue weighted by Crippen LogP contribution is -2.49. The summed E-state index contributed by atoms with van der Waals surface area (Å²) in [6, 6.07) is 10.8. The van der Waals surface area contributed by atoms with Crippen LogP contribution in [0, 0.1) is 0 Å². The van der Waals surface area contributed by atoms with E-state index in [0.717, 1.165) is 38.5 Å². The number of halogens is 1. The number of ether oxygens (including phenoxy) is 4. The minimum absolute atomic E-state index is 0.0844. The highest BCUT2D eigenvalue weighted by atomic mass is 35.5. The van der Waals surface area contributed by atoms with Crippen molar-refractivity contribution in [2.45, 2.75) is 0 Å². The molecule has 32 heavy (non-hydrogen) atoms. The number of amides is 1. The van der Waals surface area contributed by atoms with Crippen LogP contribution < -0.4 is 24.3 Å². The van der Waals surface area contributed by atoms with Crippen LogP contribution in [-0.4, -0.2) is 82.9 Å². The fourth-order valence-corrected chi connectivity index (χ4v) is 3.68. The maximum absolute atomic E-state index is 12.6. The first-order chi connectivity index (χ1) is 15.5. The standard InChI is InChI=1S/C23H30ClN3O5/c1-29-20-14-18(15-21(30-2)23(20)31-3)25-22(28)16-27-10-8-26(9-11-27)12-13-32-19-6-4-17(24)5-7-19/h4-7,14-15H,8-13,16H2,1-3H3,(H,25,28). The average molecular weight is 464 g/mol. The molecule has 0 atom stereocenters. The number of anilines is 1. The number of nitrogens with one attached hydrogen (secondary N) is 1. The molecule has 8 nitrogen and oxygen atoms in total. The number of hydrogen-bond donors (Lipinski definition) is 1. The molecule has 174 valence electrons. The van der Waals surface area contributed by atoms with E-state index in [9.17, 15) is 4.79 Å². The van der Waals surface area contributed by atoms with Gasteiger partial charge in [0.2, 0.25) is 11.7 Å². The van der Waals surface area contributed by atoms with Crippen LogP contribution >= 0.6 is 11.6 Å². The van der Waals surface area contributed by atoms with Crippen LogP contribution in [0.2, 0.25) is 5.02 Å². The van der Waals surface area contributed by atoms with Gasteiger partial charge in [0.25, 0.3) is 0 Å². The zero-order valence-electron chi connectivity index (χ0n) is 18.7. The van der Waals surface area contributed by atoms with Crippen LogP contribution in [0.5, 0.6) is 23.0 Å². The highest BCUT2D eigenvalue weighted by Gasteiger charge is 2.20. The third-order valence-corrected chi connectivity index (χ3v) is 5.52. The molecule has 0 spiro atoms. The predicted molar refractivity (Wildman–Crippen MR) is 125 cm³/mol. The molecular weight excluding hydrogens is 434 g/mol. The fourth-order valence-electron chi connectivity index (χ4n) is 3.55. The van der Waals surface area contributed by atoms with Crippen LogP contribution in [0.1, 0.15) is 0 Å². The van der Waals surface area contributed by atoms with Crippen molar-refractivity contribution in [1.29, 1.82) is 0 Å². The van der Waals surface area contributed by atoms with Gasteiger partial charge in [-0.1, -0.05) is 11.6 Å². The Balaban J connectivity index is 1.42. The van der Waals surface area contributed by atoms with Crippen LogP contribution in [0.15, 0.2) is 36.4 Å². The van der Waals surface area contributed by atoms with Gasteiger partial charge in [-0.25, -0.2) is 0 Å². The first-order valence-electron chi connectivity index (χ1n) is 10.5. The van der Waals surface area contributed by atoms with E-state index in [1.165, 1.54) is 0 Å². The lowest BCUT2D eigenvalue weighted by molar-refractivity contribution is -0.117. The second kappa shape index (κ2) is 11.8. The Kier molecular flexibility index (Phi) is 8.84. The van der Waals surface area contributed by atoms with Gasteiger partial charge in [0.05, 0.1) is 27.9 Å². The maximum atomic E-state index is 12.6. The Morgan fingerprint density at radius 1 is 0.938 bits per heavy atom. The molecule has 2 aromatic rings. The molecule has 0 aliphatic carbocycles. The van der Waals surface area contributed by atoms with Crippen molar-refractivity contribution in [3.63, 3.8) is 0 Å². The van der Waals surface area contributed by atoms with Crippen molar-refractivity contribution in [3.8, 4) is 23.0 Å². The Labute approximate surface area is 193 Å². The van der Waals surface area contributed by atoms with Crippen molar-refractivity contribution in [3.05, 3.63) is 41.4 Å². The molecule has 1 aliphatic rings. The number of rotatable bonds is 10. The topological polar surface area (TPSA) is 72.5 Å². The van der Waals surface area contributed by atoms with Crippen LogP contribution in [-0.2, 0) is 4.79 Å². The molecule has 0 bridgehead atoms. The summed E-state index contributed by atoms with van der Waals surface area (Å²) in [4.78, 5) is 17.0. The van der Waals surface area contributed by atoms with E-state index in [2.05, 4.69) is 15.1 Å². The normalized spacial score (nSPS) is 14.6. The summed E-state index contributed by atoms with van der Waals surface area (Å²) in [6.45, 7) is 5.21. The van der Waals surface area contributed by atoms with E-state index in [1.54, 1.807) is 33.5 Å². The summed E-state index contributed by atoms with van der Waals surface area (Å²) >= 11 is 5.89. The summed E-state index contributed by atoms with van der Waals surface area (Å²) in [7, 11) is 4.63. The van der Waals surface area contributed by atoms with Gasteiger partial charge in [-0.3, -0.25) is 14.6 Å². The lowest BCUT2D eigenvalue weighted by atomic mass is 10.2. The SMILES string of the molecule is COc1cc(NC(=O)CN2CCN(CCOc3ccc(Cl)cc3)CC2)cc(OC)c1OC. The van der Waals surface area contributed by atoms with Gasteiger partial charge in [-0.15, -0.1) is 0 Å². The molecule has 0 saturated carbocycles. The van der Waals surface area contributed by atoms with Crippen molar-refractivity contribution < 1.29 is 23.7 Å². The zero-order valence-corrected chi connectivity index (χ0v) is 19.5. The van der Waals surface area contributed by atoms with Gasteiger partial charge in [0.1, 0.15) is 12.4 Å². The van der Waals surface area contributed by atoms with E-state index >= 15 is 0 Å². The Morgan fingerprint density at radius 3 is 2.09 bits per heavy atom. The summed E-state index contributed by atoms with van der Waals surface area (Å²) in [6.07, 6.45) is 0.